The Balaban J connectivity index is 1.48. The summed E-state index contributed by atoms with van der Waals surface area (Å²) in [5.41, 5.74) is 4.20. The van der Waals surface area contributed by atoms with Crippen molar-refractivity contribution in [1.82, 2.24) is 0 Å². The second-order valence-electron chi connectivity index (χ2n) is 11.0. The van der Waals surface area contributed by atoms with Gasteiger partial charge in [-0.1, -0.05) is 126 Å². The average molecular weight is 559 g/mol. The summed E-state index contributed by atoms with van der Waals surface area (Å²) < 4.78 is 0. The molecule has 2 nitrogen and oxygen atoms in total. The summed E-state index contributed by atoms with van der Waals surface area (Å²) >= 11 is 0. The maximum Gasteiger partial charge on any atom is 0.193 e. The van der Waals surface area contributed by atoms with Gasteiger partial charge in [0.15, 0.2) is 11.6 Å². The van der Waals surface area contributed by atoms with Gasteiger partial charge in [0.25, 0.3) is 0 Å². The summed E-state index contributed by atoms with van der Waals surface area (Å²) in [7, 11) is 0. The van der Waals surface area contributed by atoms with E-state index in [0.29, 0.717) is 22.3 Å². The lowest BCUT2D eigenvalue weighted by atomic mass is 9.98. The highest BCUT2D eigenvalue weighted by Gasteiger charge is 2.12. The van der Waals surface area contributed by atoms with Crippen molar-refractivity contribution in [2.24, 2.45) is 0 Å². The van der Waals surface area contributed by atoms with Crippen LogP contribution in [0.15, 0.2) is 72.8 Å². The average Bonchev–Trinajstić information content (AvgIpc) is 3.03. The molecule has 0 saturated heterocycles. The van der Waals surface area contributed by atoms with Crippen LogP contribution < -0.4 is 0 Å². The van der Waals surface area contributed by atoms with E-state index in [1.54, 1.807) is 24.3 Å². The van der Waals surface area contributed by atoms with Crippen LogP contribution in [0.3, 0.4) is 0 Å². The number of carbonyl (C=O) groups excluding carboxylic acids is 2. The molecule has 2 heteroatoms. The van der Waals surface area contributed by atoms with Crippen LogP contribution in [0, 0.1) is 23.7 Å². The fourth-order valence-corrected chi connectivity index (χ4v) is 4.83. The van der Waals surface area contributed by atoms with Crippen LogP contribution >= 0.6 is 0 Å². The molecule has 3 aromatic carbocycles. The van der Waals surface area contributed by atoms with Crippen molar-refractivity contribution < 1.29 is 9.59 Å². The lowest BCUT2D eigenvalue weighted by molar-refractivity contribution is 0.102. The van der Waals surface area contributed by atoms with Crippen LogP contribution in [0.2, 0.25) is 0 Å². The molecule has 0 N–H and O–H groups in total. The minimum absolute atomic E-state index is 0.0653. The van der Waals surface area contributed by atoms with Gasteiger partial charge in [0.2, 0.25) is 0 Å². The van der Waals surface area contributed by atoms with Gasteiger partial charge in [-0.3, -0.25) is 9.59 Å². The molecular weight excluding hydrogens is 512 g/mol. The molecule has 0 amide bonds. The number of benzene rings is 3. The fraction of sp³-hybridized carbons (Fsp3) is 0.400. The Bertz CT molecular complexity index is 1250. The smallest absolute Gasteiger partial charge is 0.193 e. The largest absolute Gasteiger partial charge is 0.289 e. The van der Waals surface area contributed by atoms with Gasteiger partial charge in [-0.25, -0.2) is 0 Å². The van der Waals surface area contributed by atoms with E-state index in [1.807, 2.05) is 48.5 Å². The van der Waals surface area contributed by atoms with E-state index < -0.39 is 0 Å². The molecule has 0 atom stereocenters. The number of unbranched alkanes of at least 4 members (excludes halogenated alkanes) is 12. The van der Waals surface area contributed by atoms with Crippen molar-refractivity contribution in [2.75, 3.05) is 0 Å². The number of carbonyl (C=O) groups is 2. The summed E-state index contributed by atoms with van der Waals surface area (Å²) in [6.45, 7) is 4.47. The van der Waals surface area contributed by atoms with Crippen LogP contribution in [0.1, 0.15) is 147 Å². The van der Waals surface area contributed by atoms with Gasteiger partial charge in [-0.2, -0.15) is 0 Å². The quantitative estimate of drug-likeness (QED) is 0.0995. The number of hydrogen-bond acceptors (Lipinski definition) is 2. The van der Waals surface area contributed by atoms with E-state index in [-0.39, 0.29) is 11.6 Å². The third-order valence-corrected chi connectivity index (χ3v) is 7.48. The molecule has 218 valence electrons. The SMILES string of the molecule is CCCCCCCCC#Cc1ccc(C(=O)c2ccc(C(=O)c3ccc(C#CCCCCCCCC)cc3)cc2)cc1. The molecule has 0 aliphatic carbocycles. The van der Waals surface area contributed by atoms with Gasteiger partial charge in [0.05, 0.1) is 0 Å². The Morgan fingerprint density at radius 3 is 1.05 bits per heavy atom. The topological polar surface area (TPSA) is 34.1 Å². The van der Waals surface area contributed by atoms with Crippen LogP contribution in [0.5, 0.6) is 0 Å². The molecular formula is C40H46O2. The fourth-order valence-electron chi connectivity index (χ4n) is 4.83. The molecule has 0 unspecified atom stereocenters. The highest BCUT2D eigenvalue weighted by Crippen LogP contribution is 2.16. The molecule has 0 bridgehead atoms. The van der Waals surface area contributed by atoms with Gasteiger partial charge in [-0.05, 0) is 61.4 Å². The lowest BCUT2D eigenvalue weighted by Gasteiger charge is -2.05. The molecule has 3 aromatic rings. The highest BCUT2D eigenvalue weighted by atomic mass is 16.1. The van der Waals surface area contributed by atoms with Gasteiger partial charge in [0.1, 0.15) is 0 Å². The molecule has 0 aliphatic rings. The normalized spacial score (nSPS) is 10.3. The molecule has 0 saturated carbocycles. The third-order valence-electron chi connectivity index (χ3n) is 7.48. The van der Waals surface area contributed by atoms with Gasteiger partial charge >= 0.3 is 0 Å². The highest BCUT2D eigenvalue weighted by molar-refractivity contribution is 6.11. The predicted molar refractivity (Wildman–Crippen MR) is 176 cm³/mol. The molecule has 0 spiro atoms. The van der Waals surface area contributed by atoms with Gasteiger partial charge < -0.3 is 0 Å². The van der Waals surface area contributed by atoms with Crippen LogP contribution in [0.25, 0.3) is 0 Å². The van der Waals surface area contributed by atoms with Crippen molar-refractivity contribution in [2.45, 2.75) is 104 Å². The minimum atomic E-state index is -0.0653. The third kappa shape index (κ3) is 11.5. The van der Waals surface area contributed by atoms with Gasteiger partial charge in [-0.15, -0.1) is 0 Å². The second kappa shape index (κ2) is 19.3. The maximum atomic E-state index is 13.0. The Hall–Kier alpha value is -3.88. The Labute approximate surface area is 254 Å². The Morgan fingerprint density at radius 2 is 0.714 bits per heavy atom. The maximum absolute atomic E-state index is 13.0. The van der Waals surface area contributed by atoms with Crippen molar-refractivity contribution in [3.05, 3.63) is 106 Å². The number of hydrogen-bond donors (Lipinski definition) is 0. The monoisotopic (exact) mass is 558 g/mol. The molecule has 0 heterocycles. The van der Waals surface area contributed by atoms with Crippen LogP contribution in [-0.2, 0) is 0 Å². The number of ketones is 2. The first-order valence-electron chi connectivity index (χ1n) is 16.0. The van der Waals surface area contributed by atoms with Crippen molar-refractivity contribution in [3.8, 4) is 23.7 Å². The van der Waals surface area contributed by atoms with Crippen LogP contribution in [-0.4, -0.2) is 11.6 Å². The zero-order valence-corrected chi connectivity index (χ0v) is 25.6. The van der Waals surface area contributed by atoms with Crippen molar-refractivity contribution in [3.63, 3.8) is 0 Å². The Kier molecular flexibility index (Phi) is 15.0. The van der Waals surface area contributed by atoms with E-state index in [1.165, 1.54) is 64.2 Å². The van der Waals surface area contributed by atoms with E-state index >= 15 is 0 Å². The van der Waals surface area contributed by atoms with E-state index in [0.717, 1.165) is 36.8 Å². The summed E-state index contributed by atoms with van der Waals surface area (Å²) in [5.74, 6) is 12.8. The Morgan fingerprint density at radius 1 is 0.429 bits per heavy atom. The van der Waals surface area contributed by atoms with E-state index in [2.05, 4.69) is 37.5 Å². The predicted octanol–water partition coefficient (Wildman–Crippen LogP) is 10.4. The molecule has 0 fully saturated rings. The molecule has 0 radical (unpaired) electrons. The first-order chi connectivity index (χ1) is 20.6. The number of rotatable bonds is 16. The molecule has 3 rings (SSSR count). The summed E-state index contributed by atoms with van der Waals surface area (Å²) in [6.07, 6.45) is 17.0. The first-order valence-corrected chi connectivity index (χ1v) is 16.0. The van der Waals surface area contributed by atoms with Crippen LogP contribution in [0.4, 0.5) is 0 Å². The van der Waals surface area contributed by atoms with Crippen molar-refractivity contribution in [1.29, 1.82) is 0 Å². The van der Waals surface area contributed by atoms with Gasteiger partial charge in [0, 0.05) is 46.2 Å². The van der Waals surface area contributed by atoms with Crippen molar-refractivity contribution >= 4 is 11.6 Å². The van der Waals surface area contributed by atoms with E-state index in [9.17, 15) is 9.59 Å². The minimum Gasteiger partial charge on any atom is -0.289 e. The first kappa shape index (κ1) is 32.6. The molecule has 0 aromatic heterocycles. The molecule has 0 aliphatic heterocycles. The second-order valence-corrected chi connectivity index (χ2v) is 11.0. The summed E-state index contributed by atoms with van der Waals surface area (Å²) in [6, 6.07) is 21.8. The van der Waals surface area contributed by atoms with E-state index in [4.69, 9.17) is 0 Å². The zero-order valence-electron chi connectivity index (χ0n) is 25.6. The summed E-state index contributed by atoms with van der Waals surface area (Å²) in [4.78, 5) is 26.0. The lowest BCUT2D eigenvalue weighted by Crippen LogP contribution is -2.04. The summed E-state index contributed by atoms with van der Waals surface area (Å²) in [5, 5.41) is 0. The standard InChI is InChI=1S/C40H46O2/c1-3-5-7-9-11-13-15-17-19-33-21-25-35(26-22-33)39(41)37-29-31-38(32-30-37)40(42)36-27-23-34(24-28-36)20-18-16-14-12-10-8-6-4-2/h21-32H,3-16H2,1-2H3. The zero-order chi connectivity index (χ0) is 29.8. The molecule has 42 heavy (non-hydrogen) atoms.